The van der Waals surface area contributed by atoms with Gasteiger partial charge < -0.3 is 14.7 Å². The molecule has 1 N–H and O–H groups in total. The first-order valence-electron chi connectivity index (χ1n) is 9.54. The summed E-state index contributed by atoms with van der Waals surface area (Å²) in [6.07, 6.45) is 4.64. The van der Waals surface area contributed by atoms with Crippen molar-refractivity contribution in [2.75, 3.05) is 7.11 Å². The number of esters is 1. The molecular formula is C21H23Cl2NO5. The van der Waals surface area contributed by atoms with Crippen molar-refractivity contribution in [3.63, 3.8) is 0 Å². The molecule has 1 saturated heterocycles. The van der Waals surface area contributed by atoms with Crippen LogP contribution in [0.5, 0.6) is 0 Å². The normalized spacial score (nSPS) is 24.4. The Morgan fingerprint density at radius 2 is 2.07 bits per heavy atom. The third-order valence-corrected chi connectivity index (χ3v) is 6.31. The molecule has 1 amide bonds. The third kappa shape index (κ3) is 4.28. The van der Waals surface area contributed by atoms with Gasteiger partial charge in [0.2, 0.25) is 5.91 Å². The number of halogens is 2. The molecule has 0 spiro atoms. The summed E-state index contributed by atoms with van der Waals surface area (Å²) in [6.45, 7) is 0.134. The van der Waals surface area contributed by atoms with Crippen LogP contribution >= 0.6 is 23.2 Å². The summed E-state index contributed by atoms with van der Waals surface area (Å²) in [6, 6.07) is 5.01. The van der Waals surface area contributed by atoms with Crippen LogP contribution in [0.2, 0.25) is 10.0 Å². The molecule has 1 aliphatic heterocycles. The van der Waals surface area contributed by atoms with Crippen LogP contribution in [-0.4, -0.2) is 35.0 Å². The molecule has 8 heteroatoms. The van der Waals surface area contributed by atoms with Crippen LogP contribution in [-0.2, 0) is 25.7 Å². The van der Waals surface area contributed by atoms with Gasteiger partial charge in [-0.2, -0.15) is 0 Å². The fourth-order valence-electron chi connectivity index (χ4n) is 4.39. The van der Waals surface area contributed by atoms with E-state index in [1.807, 2.05) is 6.08 Å². The van der Waals surface area contributed by atoms with Crippen molar-refractivity contribution >= 4 is 41.0 Å². The maximum Gasteiger partial charge on any atom is 0.317 e. The summed E-state index contributed by atoms with van der Waals surface area (Å²) in [5.74, 6) is -2.63. The molecule has 2 aliphatic rings. The summed E-state index contributed by atoms with van der Waals surface area (Å²) in [5.41, 5.74) is 0.238. The average Bonchev–Trinajstić information content (AvgIpc) is 2.89. The van der Waals surface area contributed by atoms with E-state index in [-0.39, 0.29) is 25.3 Å². The molecule has 156 valence electrons. The Labute approximate surface area is 179 Å². The number of likely N-dealkylation sites (tertiary alicyclic amines) is 1. The van der Waals surface area contributed by atoms with Gasteiger partial charge in [-0.25, -0.2) is 0 Å². The maximum atomic E-state index is 13.3. The quantitative estimate of drug-likeness (QED) is 0.685. The van der Waals surface area contributed by atoms with E-state index in [2.05, 4.69) is 0 Å². The highest BCUT2D eigenvalue weighted by Gasteiger charge is 2.53. The van der Waals surface area contributed by atoms with Crippen LogP contribution in [0.25, 0.3) is 0 Å². The number of allylic oxidation sites excluding steroid dienone is 1. The SMILES string of the molecule is COC(=O)[C@]12CCCCC=C1N(Cc1ccc(Cl)cc1Cl)C(=O)[C@@H](CC(=O)O)C2. The fraction of sp³-hybridized carbons (Fsp3) is 0.476. The largest absolute Gasteiger partial charge is 0.481 e. The molecule has 0 radical (unpaired) electrons. The second-order valence-corrected chi connectivity index (χ2v) is 8.41. The number of hydrogen-bond donors (Lipinski definition) is 1. The average molecular weight is 440 g/mol. The molecule has 1 aromatic carbocycles. The topological polar surface area (TPSA) is 83.9 Å². The zero-order valence-electron chi connectivity index (χ0n) is 16.1. The number of carboxylic acid groups (broad SMARTS) is 1. The molecule has 0 aromatic heterocycles. The van der Waals surface area contributed by atoms with E-state index in [1.165, 1.54) is 12.0 Å². The number of piperidine rings is 1. The van der Waals surface area contributed by atoms with Gasteiger partial charge in [0.25, 0.3) is 0 Å². The molecule has 0 bridgehead atoms. The number of nitrogens with zero attached hydrogens (tertiary/aromatic N) is 1. The standard InChI is InChI=1S/C21H23Cl2NO5/c1-29-20(28)21-8-4-2-3-5-17(21)24(19(27)14(11-21)9-18(25)26)12-13-6-7-15(22)10-16(13)23/h5-7,10,14H,2-4,8-9,11-12H2,1H3,(H,25,26)/t14-,21-/m0/s1. The predicted molar refractivity (Wildman–Crippen MR) is 108 cm³/mol. The Bertz CT molecular complexity index is 869. The number of hydrogen-bond acceptors (Lipinski definition) is 4. The van der Waals surface area contributed by atoms with Crippen molar-refractivity contribution in [1.82, 2.24) is 4.90 Å². The first-order chi connectivity index (χ1) is 13.8. The van der Waals surface area contributed by atoms with E-state index < -0.39 is 23.3 Å². The number of aliphatic carboxylic acids is 1. The number of amides is 1. The minimum Gasteiger partial charge on any atom is -0.481 e. The van der Waals surface area contributed by atoms with Gasteiger partial charge in [0.1, 0.15) is 5.41 Å². The number of carbonyl (C=O) groups is 3. The second kappa shape index (κ2) is 8.76. The summed E-state index contributed by atoms with van der Waals surface area (Å²) >= 11 is 12.3. The van der Waals surface area contributed by atoms with Gasteiger partial charge in [-0.3, -0.25) is 14.4 Å². The van der Waals surface area contributed by atoms with Crippen LogP contribution in [0, 0.1) is 11.3 Å². The number of rotatable bonds is 5. The lowest BCUT2D eigenvalue weighted by atomic mass is 9.69. The van der Waals surface area contributed by atoms with Gasteiger partial charge in [-0.05, 0) is 43.4 Å². The minimum atomic E-state index is -1.08. The molecule has 1 heterocycles. The van der Waals surface area contributed by atoms with Crippen LogP contribution in [0.3, 0.4) is 0 Å². The van der Waals surface area contributed by atoms with Gasteiger partial charge in [-0.15, -0.1) is 0 Å². The van der Waals surface area contributed by atoms with Gasteiger partial charge in [0.15, 0.2) is 0 Å². The van der Waals surface area contributed by atoms with E-state index in [1.54, 1.807) is 18.2 Å². The van der Waals surface area contributed by atoms with Gasteiger partial charge in [0.05, 0.1) is 26.0 Å². The maximum absolute atomic E-state index is 13.3. The highest BCUT2D eigenvalue weighted by Crippen LogP contribution is 2.49. The predicted octanol–water partition coefficient (Wildman–Crippen LogP) is 4.43. The molecule has 0 saturated carbocycles. The molecule has 29 heavy (non-hydrogen) atoms. The third-order valence-electron chi connectivity index (χ3n) is 5.73. The van der Waals surface area contributed by atoms with Gasteiger partial charge in [0, 0.05) is 15.7 Å². The Balaban J connectivity index is 2.08. The van der Waals surface area contributed by atoms with Crippen molar-refractivity contribution in [1.29, 1.82) is 0 Å². The van der Waals surface area contributed by atoms with E-state index in [0.29, 0.717) is 27.7 Å². The van der Waals surface area contributed by atoms with Crippen LogP contribution in [0.15, 0.2) is 30.0 Å². The summed E-state index contributed by atoms with van der Waals surface area (Å²) in [5, 5.41) is 10.2. The summed E-state index contributed by atoms with van der Waals surface area (Å²) in [7, 11) is 1.32. The van der Waals surface area contributed by atoms with Crippen molar-refractivity contribution in [3.05, 3.63) is 45.6 Å². The number of ether oxygens (including phenoxy) is 1. The smallest absolute Gasteiger partial charge is 0.317 e. The van der Waals surface area contributed by atoms with E-state index in [4.69, 9.17) is 27.9 Å². The van der Waals surface area contributed by atoms with Crippen LogP contribution < -0.4 is 0 Å². The monoisotopic (exact) mass is 439 g/mol. The number of fused-ring (bicyclic) bond motifs is 1. The van der Waals surface area contributed by atoms with E-state index in [9.17, 15) is 19.5 Å². The van der Waals surface area contributed by atoms with Crippen molar-refractivity contribution in [2.45, 2.75) is 45.1 Å². The van der Waals surface area contributed by atoms with E-state index in [0.717, 1.165) is 19.3 Å². The number of carboxylic acids is 1. The lowest BCUT2D eigenvalue weighted by molar-refractivity contribution is -0.161. The highest BCUT2D eigenvalue weighted by molar-refractivity contribution is 6.35. The molecular weight excluding hydrogens is 417 g/mol. The van der Waals surface area contributed by atoms with Gasteiger partial charge in [-0.1, -0.05) is 41.8 Å². The molecule has 0 unspecified atom stereocenters. The number of benzene rings is 1. The Morgan fingerprint density at radius 1 is 1.31 bits per heavy atom. The first kappa shape index (κ1) is 21.7. The second-order valence-electron chi connectivity index (χ2n) is 7.57. The van der Waals surface area contributed by atoms with Crippen LogP contribution in [0.1, 0.15) is 44.1 Å². The molecule has 2 atom stereocenters. The Morgan fingerprint density at radius 3 is 2.72 bits per heavy atom. The molecule has 3 rings (SSSR count). The molecule has 1 aliphatic carbocycles. The Kier molecular flexibility index (Phi) is 6.54. The minimum absolute atomic E-state index is 0.134. The fourth-order valence-corrected chi connectivity index (χ4v) is 4.86. The molecule has 6 nitrogen and oxygen atoms in total. The van der Waals surface area contributed by atoms with E-state index >= 15 is 0 Å². The van der Waals surface area contributed by atoms with Crippen LogP contribution in [0.4, 0.5) is 0 Å². The van der Waals surface area contributed by atoms with Crippen molar-refractivity contribution < 1.29 is 24.2 Å². The summed E-state index contributed by atoms with van der Waals surface area (Å²) in [4.78, 5) is 39.1. The van der Waals surface area contributed by atoms with Gasteiger partial charge >= 0.3 is 11.9 Å². The molecule has 1 fully saturated rings. The van der Waals surface area contributed by atoms with Crippen molar-refractivity contribution in [2.24, 2.45) is 11.3 Å². The number of methoxy groups -OCH3 is 1. The lowest BCUT2D eigenvalue weighted by Crippen LogP contribution is -2.52. The van der Waals surface area contributed by atoms with Crippen molar-refractivity contribution in [3.8, 4) is 0 Å². The first-order valence-corrected chi connectivity index (χ1v) is 10.3. The summed E-state index contributed by atoms with van der Waals surface area (Å²) < 4.78 is 5.12. The zero-order chi connectivity index (χ0) is 21.2. The molecule has 1 aromatic rings. The lowest BCUT2D eigenvalue weighted by Gasteiger charge is -2.45. The Hall–Kier alpha value is -2.05. The zero-order valence-corrected chi connectivity index (χ0v) is 17.6. The highest BCUT2D eigenvalue weighted by atomic mass is 35.5. The number of carbonyl (C=O) groups excluding carboxylic acids is 2.